The smallest absolute Gasteiger partial charge is 0.00546 e. The lowest BCUT2D eigenvalue weighted by Gasteiger charge is -2.02. The van der Waals surface area contributed by atoms with Crippen LogP contribution in [0, 0.1) is 0 Å². The molecule has 0 fully saturated rings. The first-order valence-corrected chi connectivity index (χ1v) is 10.7. The van der Waals surface area contributed by atoms with Gasteiger partial charge in [0.2, 0.25) is 0 Å². The molecule has 126 valence electrons. The fourth-order valence-corrected chi connectivity index (χ4v) is 3.15. The first-order chi connectivity index (χ1) is 10.4. The molecule has 0 saturated carbocycles. The minimum Gasteiger partial charge on any atom is -0.135 e. The highest BCUT2D eigenvalue weighted by Crippen LogP contribution is 2.13. The Labute approximate surface area is 139 Å². The molecular weight excluding hydrogens is 272 g/mol. The molecule has 0 unspecified atom stereocenters. The summed E-state index contributed by atoms with van der Waals surface area (Å²) in [4.78, 5) is 0. The van der Waals surface area contributed by atoms with Gasteiger partial charge >= 0.3 is 0 Å². The third-order valence-corrected chi connectivity index (χ3v) is 4.80. The van der Waals surface area contributed by atoms with E-state index in [0.29, 0.717) is 0 Å². The van der Waals surface area contributed by atoms with Gasteiger partial charge in [0.1, 0.15) is 0 Å². The Morgan fingerprint density at radius 1 is 0.571 bits per heavy atom. The third kappa shape index (κ3) is 20.1. The summed E-state index contributed by atoms with van der Waals surface area (Å²) >= 11 is 1.91. The molecule has 0 radical (unpaired) electrons. The SMILES string of the molecule is CCCCCCCCCCCCCCCC/C=C/SCC. The summed E-state index contributed by atoms with van der Waals surface area (Å²) < 4.78 is 0. The summed E-state index contributed by atoms with van der Waals surface area (Å²) in [6, 6.07) is 0. The molecule has 0 spiro atoms. The van der Waals surface area contributed by atoms with E-state index in [1.807, 2.05) is 11.8 Å². The van der Waals surface area contributed by atoms with Gasteiger partial charge in [-0.25, -0.2) is 0 Å². The van der Waals surface area contributed by atoms with Gasteiger partial charge in [-0.05, 0) is 24.0 Å². The van der Waals surface area contributed by atoms with Crippen LogP contribution in [0.25, 0.3) is 0 Å². The highest BCUT2D eigenvalue weighted by atomic mass is 32.2. The van der Waals surface area contributed by atoms with Crippen molar-refractivity contribution in [2.45, 2.75) is 110 Å². The zero-order valence-corrected chi connectivity index (χ0v) is 15.7. The molecule has 0 atom stereocenters. The van der Waals surface area contributed by atoms with Crippen LogP contribution in [0.2, 0.25) is 0 Å². The van der Waals surface area contributed by atoms with Gasteiger partial charge in [-0.1, -0.05) is 103 Å². The Morgan fingerprint density at radius 2 is 1.00 bits per heavy atom. The lowest BCUT2D eigenvalue weighted by Crippen LogP contribution is -1.83. The van der Waals surface area contributed by atoms with Gasteiger partial charge in [-0.15, -0.1) is 11.8 Å². The highest BCUT2D eigenvalue weighted by molar-refractivity contribution is 8.02. The molecule has 0 heterocycles. The van der Waals surface area contributed by atoms with Crippen molar-refractivity contribution in [2.75, 3.05) is 5.75 Å². The van der Waals surface area contributed by atoms with Gasteiger partial charge in [0.15, 0.2) is 0 Å². The number of unbranched alkanes of at least 4 members (excludes halogenated alkanes) is 14. The highest BCUT2D eigenvalue weighted by Gasteiger charge is 1.93. The van der Waals surface area contributed by atoms with E-state index in [4.69, 9.17) is 0 Å². The van der Waals surface area contributed by atoms with Crippen molar-refractivity contribution in [3.05, 3.63) is 11.5 Å². The Hall–Kier alpha value is 0.0900. The van der Waals surface area contributed by atoms with Gasteiger partial charge in [-0.3, -0.25) is 0 Å². The Bertz CT molecular complexity index is 198. The lowest BCUT2D eigenvalue weighted by atomic mass is 10.0. The molecule has 0 bridgehead atoms. The van der Waals surface area contributed by atoms with Crippen molar-refractivity contribution < 1.29 is 0 Å². The van der Waals surface area contributed by atoms with Crippen molar-refractivity contribution in [1.82, 2.24) is 0 Å². The first kappa shape index (κ1) is 21.1. The van der Waals surface area contributed by atoms with Crippen LogP contribution in [0.1, 0.15) is 110 Å². The fraction of sp³-hybridized carbons (Fsp3) is 0.900. The van der Waals surface area contributed by atoms with E-state index < -0.39 is 0 Å². The molecule has 1 heteroatoms. The van der Waals surface area contributed by atoms with Crippen LogP contribution >= 0.6 is 11.8 Å². The number of allylic oxidation sites excluding steroid dienone is 1. The van der Waals surface area contributed by atoms with Gasteiger partial charge < -0.3 is 0 Å². The van der Waals surface area contributed by atoms with Crippen LogP contribution in [0.3, 0.4) is 0 Å². The minimum absolute atomic E-state index is 1.20. The average Bonchev–Trinajstić information content (AvgIpc) is 2.50. The summed E-state index contributed by atoms with van der Waals surface area (Å²) in [7, 11) is 0. The average molecular weight is 313 g/mol. The number of rotatable bonds is 17. The van der Waals surface area contributed by atoms with Crippen molar-refractivity contribution in [3.8, 4) is 0 Å². The second-order valence-corrected chi connectivity index (χ2v) is 7.39. The molecule has 0 aromatic heterocycles. The zero-order chi connectivity index (χ0) is 15.4. The first-order valence-electron chi connectivity index (χ1n) is 9.68. The maximum Gasteiger partial charge on any atom is -0.00546 e. The van der Waals surface area contributed by atoms with E-state index in [2.05, 4.69) is 25.3 Å². The number of thioether (sulfide) groups is 1. The third-order valence-electron chi connectivity index (χ3n) is 4.08. The van der Waals surface area contributed by atoms with Crippen LogP contribution in [0.5, 0.6) is 0 Å². The largest absolute Gasteiger partial charge is 0.135 e. The Kier molecular flexibility index (Phi) is 20.2. The van der Waals surface area contributed by atoms with Crippen molar-refractivity contribution in [2.24, 2.45) is 0 Å². The molecule has 21 heavy (non-hydrogen) atoms. The molecule has 0 aromatic carbocycles. The molecule has 0 N–H and O–H groups in total. The molecule has 0 aliphatic heterocycles. The zero-order valence-electron chi connectivity index (χ0n) is 14.9. The topological polar surface area (TPSA) is 0 Å². The van der Waals surface area contributed by atoms with Crippen molar-refractivity contribution in [3.63, 3.8) is 0 Å². The number of hydrogen-bond donors (Lipinski definition) is 0. The predicted molar refractivity (Wildman–Crippen MR) is 102 cm³/mol. The van der Waals surface area contributed by atoms with Gasteiger partial charge in [-0.2, -0.15) is 0 Å². The molecule has 0 aromatic rings. The van der Waals surface area contributed by atoms with E-state index in [1.165, 1.54) is 102 Å². The van der Waals surface area contributed by atoms with E-state index in [9.17, 15) is 0 Å². The molecule has 0 nitrogen and oxygen atoms in total. The summed E-state index contributed by atoms with van der Waals surface area (Å²) in [5, 5.41) is 2.27. The lowest BCUT2D eigenvalue weighted by molar-refractivity contribution is 0.536. The Balaban J connectivity index is 2.96. The molecular formula is C20H40S. The van der Waals surface area contributed by atoms with Crippen LogP contribution in [0.15, 0.2) is 11.5 Å². The summed E-state index contributed by atoms with van der Waals surface area (Å²) in [5.74, 6) is 1.20. The molecule has 0 saturated heterocycles. The standard InChI is InChI=1S/C20H40S/c1-3-5-6-7-8-9-10-11-12-13-14-15-16-17-18-19-20-21-4-2/h19-20H,3-18H2,1-2H3/b20-19+. The van der Waals surface area contributed by atoms with Gasteiger partial charge in [0, 0.05) is 0 Å². The van der Waals surface area contributed by atoms with E-state index in [-0.39, 0.29) is 0 Å². The van der Waals surface area contributed by atoms with E-state index in [1.54, 1.807) is 0 Å². The maximum absolute atomic E-state index is 2.34. The summed E-state index contributed by atoms with van der Waals surface area (Å²) in [6.07, 6.45) is 23.9. The van der Waals surface area contributed by atoms with Crippen LogP contribution in [-0.2, 0) is 0 Å². The molecule has 0 amide bonds. The van der Waals surface area contributed by atoms with Gasteiger partial charge in [0.25, 0.3) is 0 Å². The van der Waals surface area contributed by atoms with Crippen LogP contribution in [0.4, 0.5) is 0 Å². The normalized spacial score (nSPS) is 11.5. The van der Waals surface area contributed by atoms with Gasteiger partial charge in [0.05, 0.1) is 0 Å². The van der Waals surface area contributed by atoms with Crippen molar-refractivity contribution >= 4 is 11.8 Å². The van der Waals surface area contributed by atoms with Crippen LogP contribution < -0.4 is 0 Å². The predicted octanol–water partition coefficient (Wildman–Crippen LogP) is 8.12. The molecule has 0 aliphatic rings. The maximum atomic E-state index is 2.34. The second kappa shape index (κ2) is 20.1. The van der Waals surface area contributed by atoms with Crippen LogP contribution in [-0.4, -0.2) is 5.75 Å². The summed E-state index contributed by atoms with van der Waals surface area (Å²) in [6.45, 7) is 4.50. The molecule has 0 rings (SSSR count). The minimum atomic E-state index is 1.20. The fourth-order valence-electron chi connectivity index (χ4n) is 2.69. The second-order valence-electron chi connectivity index (χ2n) is 6.21. The number of hydrogen-bond acceptors (Lipinski definition) is 1. The summed E-state index contributed by atoms with van der Waals surface area (Å²) in [5.41, 5.74) is 0. The van der Waals surface area contributed by atoms with E-state index >= 15 is 0 Å². The molecule has 0 aliphatic carbocycles. The monoisotopic (exact) mass is 312 g/mol. The van der Waals surface area contributed by atoms with Crippen molar-refractivity contribution in [1.29, 1.82) is 0 Å². The Morgan fingerprint density at radius 3 is 1.43 bits per heavy atom. The van der Waals surface area contributed by atoms with E-state index in [0.717, 1.165) is 0 Å². The quantitative estimate of drug-likeness (QED) is 0.244.